The SMILES string of the molecule is COc1ccc(Cl)c(C=CCCNC(=O)OC(C)(C)C)c1. The van der Waals surface area contributed by atoms with Crippen LogP contribution < -0.4 is 10.1 Å². The first-order valence-electron chi connectivity index (χ1n) is 6.79. The predicted molar refractivity (Wildman–Crippen MR) is 85.9 cm³/mol. The Kier molecular flexibility index (Phi) is 6.56. The lowest BCUT2D eigenvalue weighted by molar-refractivity contribution is 0.0529. The van der Waals surface area contributed by atoms with E-state index in [0.29, 0.717) is 18.0 Å². The maximum absolute atomic E-state index is 11.4. The number of hydrogen-bond acceptors (Lipinski definition) is 3. The van der Waals surface area contributed by atoms with Crippen molar-refractivity contribution in [3.05, 3.63) is 34.9 Å². The van der Waals surface area contributed by atoms with Crippen molar-refractivity contribution in [2.75, 3.05) is 13.7 Å². The minimum absolute atomic E-state index is 0.407. The molecule has 1 rings (SSSR count). The normalized spacial score (nSPS) is 11.5. The van der Waals surface area contributed by atoms with Crippen molar-refractivity contribution < 1.29 is 14.3 Å². The van der Waals surface area contributed by atoms with Crippen LogP contribution in [-0.4, -0.2) is 25.3 Å². The number of methoxy groups -OCH3 is 1. The number of amides is 1. The molecule has 0 heterocycles. The van der Waals surface area contributed by atoms with Crippen LogP contribution in [0, 0.1) is 0 Å². The van der Waals surface area contributed by atoms with Crippen molar-refractivity contribution in [1.82, 2.24) is 5.32 Å². The molecule has 116 valence electrons. The summed E-state index contributed by atoms with van der Waals surface area (Å²) in [5, 5.41) is 3.35. The van der Waals surface area contributed by atoms with Crippen LogP contribution in [-0.2, 0) is 4.74 Å². The molecule has 0 aliphatic carbocycles. The van der Waals surface area contributed by atoms with E-state index in [-0.39, 0.29) is 0 Å². The molecule has 1 amide bonds. The summed E-state index contributed by atoms with van der Waals surface area (Å²) in [6.45, 7) is 6.00. The number of halogens is 1. The van der Waals surface area contributed by atoms with Gasteiger partial charge in [0.05, 0.1) is 7.11 Å². The van der Waals surface area contributed by atoms with Gasteiger partial charge in [-0.25, -0.2) is 4.79 Å². The first kappa shape index (κ1) is 17.4. The molecule has 5 heteroatoms. The van der Waals surface area contributed by atoms with Gasteiger partial charge in [0, 0.05) is 11.6 Å². The van der Waals surface area contributed by atoms with Gasteiger partial charge in [-0.1, -0.05) is 23.8 Å². The zero-order chi connectivity index (χ0) is 15.9. The molecule has 1 aromatic carbocycles. The van der Waals surface area contributed by atoms with Gasteiger partial charge in [0.25, 0.3) is 0 Å². The molecule has 1 aromatic rings. The molecule has 0 radical (unpaired) electrons. The van der Waals surface area contributed by atoms with Crippen LogP contribution in [0.1, 0.15) is 32.8 Å². The minimum Gasteiger partial charge on any atom is -0.497 e. The summed E-state index contributed by atoms with van der Waals surface area (Å²) in [5.74, 6) is 0.755. The smallest absolute Gasteiger partial charge is 0.407 e. The van der Waals surface area contributed by atoms with Crippen LogP contribution in [0.15, 0.2) is 24.3 Å². The Hall–Kier alpha value is -1.68. The van der Waals surface area contributed by atoms with Crippen molar-refractivity contribution in [1.29, 1.82) is 0 Å². The molecule has 0 saturated heterocycles. The quantitative estimate of drug-likeness (QED) is 0.826. The van der Waals surface area contributed by atoms with E-state index < -0.39 is 11.7 Å². The second-order valence-electron chi connectivity index (χ2n) is 5.51. The third-order valence-corrected chi connectivity index (χ3v) is 2.82. The van der Waals surface area contributed by atoms with E-state index in [1.807, 2.05) is 45.1 Å². The number of ether oxygens (including phenoxy) is 2. The highest BCUT2D eigenvalue weighted by Crippen LogP contribution is 2.23. The summed E-state index contributed by atoms with van der Waals surface area (Å²) < 4.78 is 10.3. The molecule has 0 aliphatic heterocycles. The molecule has 1 N–H and O–H groups in total. The Morgan fingerprint density at radius 1 is 1.38 bits per heavy atom. The van der Waals surface area contributed by atoms with Crippen molar-refractivity contribution in [3.63, 3.8) is 0 Å². The van der Waals surface area contributed by atoms with Gasteiger partial charge in [0.15, 0.2) is 0 Å². The lowest BCUT2D eigenvalue weighted by atomic mass is 10.2. The van der Waals surface area contributed by atoms with E-state index >= 15 is 0 Å². The van der Waals surface area contributed by atoms with Gasteiger partial charge in [0.1, 0.15) is 11.4 Å². The standard InChI is InChI=1S/C16H22ClNO3/c1-16(2,3)21-15(19)18-10-6-5-7-12-11-13(20-4)8-9-14(12)17/h5,7-9,11H,6,10H2,1-4H3,(H,18,19). The average Bonchev–Trinajstić information content (AvgIpc) is 2.38. The predicted octanol–water partition coefficient (Wildman–Crippen LogP) is 4.28. The maximum Gasteiger partial charge on any atom is 0.407 e. The number of hydrogen-bond donors (Lipinski definition) is 1. The summed E-state index contributed by atoms with van der Waals surface area (Å²) in [7, 11) is 1.61. The average molecular weight is 312 g/mol. The van der Waals surface area contributed by atoms with Crippen LogP contribution in [0.2, 0.25) is 5.02 Å². The van der Waals surface area contributed by atoms with E-state index in [1.54, 1.807) is 13.2 Å². The molecule has 4 nitrogen and oxygen atoms in total. The molecule has 0 aromatic heterocycles. The fourth-order valence-electron chi connectivity index (χ4n) is 1.56. The van der Waals surface area contributed by atoms with E-state index in [9.17, 15) is 4.79 Å². The van der Waals surface area contributed by atoms with E-state index in [2.05, 4.69) is 5.32 Å². The summed E-state index contributed by atoms with van der Waals surface area (Å²) in [5.41, 5.74) is 0.405. The van der Waals surface area contributed by atoms with Crippen LogP contribution in [0.3, 0.4) is 0 Å². The molecule has 0 unspecified atom stereocenters. The highest BCUT2D eigenvalue weighted by Gasteiger charge is 2.15. The van der Waals surface area contributed by atoms with E-state index in [0.717, 1.165) is 11.3 Å². The summed E-state index contributed by atoms with van der Waals surface area (Å²) in [4.78, 5) is 11.4. The number of alkyl carbamates (subject to hydrolysis) is 1. The van der Waals surface area contributed by atoms with Gasteiger partial charge < -0.3 is 14.8 Å². The van der Waals surface area contributed by atoms with Crippen molar-refractivity contribution >= 4 is 23.8 Å². The molecule has 0 saturated carbocycles. The third-order valence-electron chi connectivity index (χ3n) is 2.48. The van der Waals surface area contributed by atoms with Gasteiger partial charge >= 0.3 is 6.09 Å². The van der Waals surface area contributed by atoms with Crippen LogP contribution in [0.4, 0.5) is 4.79 Å². The molecule has 21 heavy (non-hydrogen) atoms. The van der Waals surface area contributed by atoms with Gasteiger partial charge in [0.2, 0.25) is 0 Å². The molecule has 0 fully saturated rings. The number of rotatable bonds is 5. The Balaban J connectivity index is 2.40. The Morgan fingerprint density at radius 3 is 2.71 bits per heavy atom. The Bertz CT molecular complexity index is 507. The van der Waals surface area contributed by atoms with Crippen LogP contribution >= 0.6 is 11.6 Å². The summed E-state index contributed by atoms with van der Waals surface area (Å²) in [6, 6.07) is 5.46. The second-order valence-corrected chi connectivity index (χ2v) is 5.91. The lowest BCUT2D eigenvalue weighted by Gasteiger charge is -2.19. The maximum atomic E-state index is 11.4. The van der Waals surface area contributed by atoms with E-state index in [1.165, 1.54) is 0 Å². The first-order chi connectivity index (χ1) is 9.81. The van der Waals surface area contributed by atoms with Gasteiger partial charge in [-0.2, -0.15) is 0 Å². The highest BCUT2D eigenvalue weighted by atomic mass is 35.5. The topological polar surface area (TPSA) is 47.6 Å². The zero-order valence-corrected chi connectivity index (χ0v) is 13.7. The fourth-order valence-corrected chi connectivity index (χ4v) is 1.74. The molecule has 0 spiro atoms. The molecule has 0 aliphatic rings. The molecular weight excluding hydrogens is 290 g/mol. The summed E-state index contributed by atoms with van der Waals surface area (Å²) >= 11 is 6.09. The third kappa shape index (κ3) is 7.04. The van der Waals surface area contributed by atoms with Gasteiger partial charge in [-0.05, 0) is 51.0 Å². The number of carbonyl (C=O) groups is 1. The first-order valence-corrected chi connectivity index (χ1v) is 7.16. The molecule has 0 atom stereocenters. The fraction of sp³-hybridized carbons (Fsp3) is 0.438. The van der Waals surface area contributed by atoms with Crippen LogP contribution in [0.5, 0.6) is 5.75 Å². The van der Waals surface area contributed by atoms with Crippen molar-refractivity contribution in [2.45, 2.75) is 32.8 Å². The van der Waals surface area contributed by atoms with Gasteiger partial charge in [-0.3, -0.25) is 0 Å². The highest BCUT2D eigenvalue weighted by molar-refractivity contribution is 6.32. The van der Waals surface area contributed by atoms with Gasteiger partial charge in [-0.15, -0.1) is 0 Å². The largest absolute Gasteiger partial charge is 0.497 e. The molecular formula is C16H22ClNO3. The lowest BCUT2D eigenvalue weighted by Crippen LogP contribution is -2.32. The van der Waals surface area contributed by atoms with Crippen LogP contribution in [0.25, 0.3) is 6.08 Å². The van der Waals surface area contributed by atoms with E-state index in [4.69, 9.17) is 21.1 Å². The van der Waals surface area contributed by atoms with Crippen molar-refractivity contribution in [2.24, 2.45) is 0 Å². The summed E-state index contributed by atoms with van der Waals surface area (Å²) in [6.07, 6.45) is 4.13. The monoisotopic (exact) mass is 311 g/mol. The Labute approximate surface area is 131 Å². The molecule has 0 bridgehead atoms. The number of carbonyl (C=O) groups excluding carboxylic acids is 1. The minimum atomic E-state index is -0.478. The van der Waals surface area contributed by atoms with Crippen molar-refractivity contribution in [3.8, 4) is 5.75 Å². The zero-order valence-electron chi connectivity index (χ0n) is 12.9. The number of nitrogens with one attached hydrogen (secondary N) is 1. The second kappa shape index (κ2) is 7.93. The Morgan fingerprint density at radius 2 is 2.10 bits per heavy atom. The number of benzene rings is 1.